The lowest BCUT2D eigenvalue weighted by Crippen LogP contribution is -2.28. The zero-order valence-electron chi connectivity index (χ0n) is 13.7. The average Bonchev–Trinajstić information content (AvgIpc) is 3.37. The number of nitrogens with zero attached hydrogens (tertiary/aromatic N) is 2. The van der Waals surface area contributed by atoms with E-state index in [-0.39, 0.29) is 11.3 Å². The zero-order chi connectivity index (χ0) is 18.3. The van der Waals surface area contributed by atoms with Gasteiger partial charge in [0.2, 0.25) is 0 Å². The number of hydrogen-bond donors (Lipinski definition) is 1. The van der Waals surface area contributed by atoms with Crippen molar-refractivity contribution >= 4 is 45.3 Å². The fourth-order valence-electron chi connectivity index (χ4n) is 2.95. The maximum atomic E-state index is 12.8. The highest BCUT2D eigenvalue weighted by Gasteiger charge is 2.48. The van der Waals surface area contributed by atoms with Gasteiger partial charge in [-0.15, -0.1) is 22.7 Å². The van der Waals surface area contributed by atoms with Crippen LogP contribution in [0.25, 0.3) is 5.76 Å². The molecule has 1 aliphatic rings. The molecule has 1 fully saturated rings. The van der Waals surface area contributed by atoms with Crippen LogP contribution in [0, 0.1) is 6.92 Å². The molecule has 1 aromatic carbocycles. The molecule has 26 heavy (non-hydrogen) atoms. The summed E-state index contributed by atoms with van der Waals surface area (Å²) in [4.78, 5) is 31.8. The van der Waals surface area contributed by atoms with Gasteiger partial charge in [0, 0.05) is 22.0 Å². The molecule has 1 amide bonds. The van der Waals surface area contributed by atoms with E-state index in [0.717, 1.165) is 10.4 Å². The van der Waals surface area contributed by atoms with Gasteiger partial charge >= 0.3 is 5.91 Å². The minimum absolute atomic E-state index is 0.0940. The van der Waals surface area contributed by atoms with Crippen LogP contribution < -0.4 is 4.90 Å². The molecule has 0 radical (unpaired) electrons. The summed E-state index contributed by atoms with van der Waals surface area (Å²) in [7, 11) is 0. The van der Waals surface area contributed by atoms with Crippen LogP contribution >= 0.6 is 22.7 Å². The Kier molecular flexibility index (Phi) is 4.18. The highest BCUT2D eigenvalue weighted by atomic mass is 32.1. The molecule has 1 aliphatic heterocycles. The number of rotatable bonds is 3. The number of aliphatic hydroxyl groups excluding tert-OH is 1. The number of Topliss-reactive ketones (excluding diaryl/α,β-unsaturated/α-hetero) is 1. The van der Waals surface area contributed by atoms with Crippen molar-refractivity contribution in [1.82, 2.24) is 4.98 Å². The fraction of sp³-hybridized carbons (Fsp3) is 0.105. The third kappa shape index (κ3) is 2.65. The Bertz CT molecular complexity index is 990. The molecule has 1 N–H and O–H groups in total. The van der Waals surface area contributed by atoms with Crippen molar-refractivity contribution in [3.8, 4) is 0 Å². The molecular weight excluding hydrogens is 368 g/mol. The first-order valence-corrected chi connectivity index (χ1v) is 9.65. The van der Waals surface area contributed by atoms with Crippen LogP contribution in [0.2, 0.25) is 0 Å². The smallest absolute Gasteiger partial charge is 0.301 e. The van der Waals surface area contributed by atoms with Gasteiger partial charge in [0.15, 0.2) is 5.13 Å². The van der Waals surface area contributed by atoms with Gasteiger partial charge in [0.25, 0.3) is 5.78 Å². The maximum absolute atomic E-state index is 12.8. The molecule has 2 aromatic heterocycles. The minimum Gasteiger partial charge on any atom is -0.507 e. The molecule has 5 nitrogen and oxygen atoms in total. The maximum Gasteiger partial charge on any atom is 0.301 e. The van der Waals surface area contributed by atoms with Crippen molar-refractivity contribution in [3.05, 3.63) is 74.9 Å². The summed E-state index contributed by atoms with van der Waals surface area (Å²) in [5.74, 6) is -1.54. The number of aliphatic hydroxyl groups is 1. The number of carbonyl (C=O) groups is 2. The van der Waals surface area contributed by atoms with Crippen LogP contribution in [-0.2, 0) is 9.59 Å². The fourth-order valence-corrected chi connectivity index (χ4v) is 4.44. The molecule has 0 spiro atoms. The molecular formula is C19H14N2O3S2. The topological polar surface area (TPSA) is 70.5 Å². The van der Waals surface area contributed by atoms with E-state index in [1.54, 1.807) is 23.7 Å². The van der Waals surface area contributed by atoms with E-state index in [1.807, 2.05) is 36.6 Å². The molecule has 7 heteroatoms. The van der Waals surface area contributed by atoms with E-state index in [0.29, 0.717) is 10.7 Å². The second kappa shape index (κ2) is 6.51. The lowest BCUT2D eigenvalue weighted by molar-refractivity contribution is -0.132. The van der Waals surface area contributed by atoms with Gasteiger partial charge in [-0.05, 0) is 18.4 Å². The lowest BCUT2D eigenvalue weighted by atomic mass is 9.99. The van der Waals surface area contributed by atoms with E-state index in [9.17, 15) is 14.7 Å². The first-order chi connectivity index (χ1) is 12.6. The zero-order valence-corrected chi connectivity index (χ0v) is 15.4. The summed E-state index contributed by atoms with van der Waals surface area (Å²) in [6.45, 7) is 1.94. The van der Waals surface area contributed by atoms with E-state index in [1.165, 1.54) is 27.6 Å². The number of hydrogen-bond acceptors (Lipinski definition) is 6. The molecule has 130 valence electrons. The number of amides is 1. The summed E-state index contributed by atoms with van der Waals surface area (Å²) in [5, 5.41) is 14.9. The van der Waals surface area contributed by atoms with Crippen LogP contribution in [0.5, 0.6) is 0 Å². The summed E-state index contributed by atoms with van der Waals surface area (Å²) < 4.78 is 0. The normalized spacial score (nSPS) is 19.3. The predicted octanol–water partition coefficient (Wildman–Crippen LogP) is 4.14. The third-order valence-corrected chi connectivity index (χ3v) is 5.90. The van der Waals surface area contributed by atoms with Crippen LogP contribution in [-0.4, -0.2) is 21.8 Å². The molecule has 0 bridgehead atoms. The number of anilines is 1. The predicted molar refractivity (Wildman–Crippen MR) is 102 cm³/mol. The van der Waals surface area contributed by atoms with E-state index < -0.39 is 17.7 Å². The van der Waals surface area contributed by atoms with Crippen LogP contribution in [0.1, 0.15) is 22.0 Å². The van der Waals surface area contributed by atoms with Crippen molar-refractivity contribution in [3.63, 3.8) is 0 Å². The standard InChI is InChI=1S/C19H14N2O3S2/c1-11-4-6-12(7-5-11)16(22)14-15(13-3-2-9-25-13)21(18(24)17(14)23)19-20-8-10-26-19/h2-10,15,22H,1H3/b16-14+/t15-/m1/s1. The average molecular weight is 382 g/mol. The monoisotopic (exact) mass is 382 g/mol. The first kappa shape index (κ1) is 16.7. The summed E-state index contributed by atoms with van der Waals surface area (Å²) in [5.41, 5.74) is 1.64. The van der Waals surface area contributed by atoms with Crippen LogP contribution in [0.3, 0.4) is 0 Å². The number of aromatic nitrogens is 1. The molecule has 3 aromatic rings. The number of carbonyl (C=O) groups excluding carboxylic acids is 2. The van der Waals surface area contributed by atoms with Gasteiger partial charge in [0.05, 0.1) is 5.57 Å². The molecule has 1 atom stereocenters. The van der Waals surface area contributed by atoms with Gasteiger partial charge in [-0.1, -0.05) is 35.9 Å². The number of ketones is 1. The van der Waals surface area contributed by atoms with Gasteiger partial charge < -0.3 is 5.11 Å². The van der Waals surface area contributed by atoms with Crippen molar-refractivity contribution in [2.75, 3.05) is 4.90 Å². The minimum atomic E-state index is -0.698. The Morgan fingerprint density at radius 2 is 1.88 bits per heavy atom. The van der Waals surface area contributed by atoms with Crippen molar-refractivity contribution in [1.29, 1.82) is 0 Å². The second-order valence-corrected chi connectivity index (χ2v) is 7.72. The summed E-state index contributed by atoms with van der Waals surface area (Å²) >= 11 is 2.71. The highest BCUT2D eigenvalue weighted by Crippen LogP contribution is 2.43. The number of thiazole rings is 1. The molecule has 0 saturated carbocycles. The Labute approximate surface area is 157 Å². The van der Waals surface area contributed by atoms with E-state index in [2.05, 4.69) is 4.98 Å². The Morgan fingerprint density at radius 3 is 2.50 bits per heavy atom. The van der Waals surface area contributed by atoms with Crippen LogP contribution in [0.15, 0.2) is 58.9 Å². The third-order valence-electron chi connectivity index (χ3n) is 4.21. The van der Waals surface area contributed by atoms with Gasteiger partial charge in [-0.25, -0.2) is 4.98 Å². The molecule has 1 saturated heterocycles. The van der Waals surface area contributed by atoms with Crippen molar-refractivity contribution in [2.45, 2.75) is 13.0 Å². The SMILES string of the molecule is Cc1ccc(/C(O)=C2\C(=O)C(=O)N(c3nccs3)[C@@H]2c2cccs2)cc1. The largest absolute Gasteiger partial charge is 0.507 e. The van der Waals surface area contributed by atoms with Gasteiger partial charge in [-0.3, -0.25) is 14.5 Å². The highest BCUT2D eigenvalue weighted by molar-refractivity contribution is 7.14. The number of aryl methyl sites for hydroxylation is 1. The van der Waals surface area contributed by atoms with Crippen molar-refractivity contribution < 1.29 is 14.7 Å². The van der Waals surface area contributed by atoms with Crippen LogP contribution in [0.4, 0.5) is 5.13 Å². The Morgan fingerprint density at radius 1 is 1.12 bits per heavy atom. The first-order valence-electron chi connectivity index (χ1n) is 7.89. The quantitative estimate of drug-likeness (QED) is 0.420. The number of benzene rings is 1. The molecule has 0 aliphatic carbocycles. The van der Waals surface area contributed by atoms with E-state index >= 15 is 0 Å². The summed E-state index contributed by atoms with van der Waals surface area (Å²) in [6.07, 6.45) is 1.59. The Hall–Kier alpha value is -2.77. The lowest BCUT2D eigenvalue weighted by Gasteiger charge is -2.21. The molecule has 0 unspecified atom stereocenters. The number of thiophene rings is 1. The van der Waals surface area contributed by atoms with E-state index in [4.69, 9.17) is 0 Å². The van der Waals surface area contributed by atoms with Gasteiger partial charge in [0.1, 0.15) is 11.8 Å². The molecule has 4 rings (SSSR count). The molecule has 3 heterocycles. The van der Waals surface area contributed by atoms with Crippen molar-refractivity contribution in [2.24, 2.45) is 0 Å². The Balaban J connectivity index is 1.92. The second-order valence-electron chi connectivity index (χ2n) is 5.87. The summed E-state index contributed by atoms with van der Waals surface area (Å²) in [6, 6.07) is 10.2. The van der Waals surface area contributed by atoms with Gasteiger partial charge in [-0.2, -0.15) is 0 Å².